The molecule has 9 heteroatoms. The Kier molecular flexibility index (Phi) is 48.6. The minimum atomic E-state index is -4.60. The van der Waals surface area contributed by atoms with Gasteiger partial charge in [-0.25, -0.2) is 0 Å². The van der Waals surface area contributed by atoms with Gasteiger partial charge in [0, 0.05) is 6.42 Å². The molecule has 0 aromatic carbocycles. The maximum Gasteiger partial charge on any atom is 0.268 e. The fourth-order valence-electron chi connectivity index (χ4n) is 7.32. The number of carbonyl (C=O) groups is 1. The highest BCUT2D eigenvalue weighted by Gasteiger charge is 2.23. The van der Waals surface area contributed by atoms with Crippen molar-refractivity contribution in [1.29, 1.82) is 0 Å². The average molecular weight is 993 g/mol. The number of carbonyl (C=O) groups excluding carboxylic acids is 1. The molecular weight excluding hydrogens is 888 g/mol. The van der Waals surface area contributed by atoms with Crippen molar-refractivity contribution in [3.8, 4) is 0 Å². The zero-order chi connectivity index (χ0) is 51.3. The van der Waals surface area contributed by atoms with Crippen molar-refractivity contribution in [2.45, 2.75) is 219 Å². The van der Waals surface area contributed by atoms with Gasteiger partial charge in [0.05, 0.1) is 39.9 Å². The molecular formula is C61H105N2O6P. The standard InChI is InChI=1S/C61H105N2O6P/c1-6-8-10-12-14-16-18-20-21-22-23-24-25-26-27-28-29-30-31-32-33-34-35-36-37-38-39-40-41-43-45-47-49-51-53-55-61(65)62-59(58-69-70(66,67)68-57-56-63(3,4)5)60(64)54-52-50-48-46-44-42-19-17-15-13-11-9-7-2/h8,10,14,16,20-21,23-24,26-27,29-30,32-33,35-36,38-39,52,54,59-60,64H,6-7,9,11-13,15,17-19,22,25,28,31,34,37,40-51,53,55-58H2,1-5H3,(H-,62,65,66,67)/b10-8-,16-14-,21-20-,24-23-,27-26-,30-29-,33-32-,36-35-,39-38-,54-52+. The fourth-order valence-corrected chi connectivity index (χ4v) is 8.04. The van der Waals surface area contributed by atoms with E-state index < -0.39 is 26.6 Å². The highest BCUT2D eigenvalue weighted by Crippen LogP contribution is 2.38. The summed E-state index contributed by atoms with van der Waals surface area (Å²) in [6.45, 7) is 4.50. The number of quaternary nitrogens is 1. The molecule has 0 bridgehead atoms. The SMILES string of the molecule is CC/C=C\C/C=C\C/C=C\C/C=C\C/C=C\C/C=C\C/C=C\C/C=C\C/C=C\CCCCCCCCCC(=O)NC(COP(=O)([O-])OCC[N+](C)(C)C)C(O)/C=C/CCCCCCCCCCCCC. The highest BCUT2D eigenvalue weighted by atomic mass is 31.2. The number of phosphoric acid groups is 1. The van der Waals surface area contributed by atoms with E-state index >= 15 is 0 Å². The van der Waals surface area contributed by atoms with Gasteiger partial charge in [-0.2, -0.15) is 0 Å². The first-order valence-corrected chi connectivity index (χ1v) is 29.4. The molecule has 0 saturated carbocycles. The summed E-state index contributed by atoms with van der Waals surface area (Å²) in [6.07, 6.45) is 75.5. The number of unbranched alkanes of at least 4 members (excludes halogenated alkanes) is 18. The smallest absolute Gasteiger partial charge is 0.268 e. The molecule has 0 saturated heterocycles. The average Bonchev–Trinajstić information content (AvgIpc) is 3.32. The first-order valence-electron chi connectivity index (χ1n) is 27.9. The highest BCUT2D eigenvalue weighted by molar-refractivity contribution is 7.45. The van der Waals surface area contributed by atoms with Crippen LogP contribution in [0.25, 0.3) is 0 Å². The number of nitrogens with zero attached hydrogens (tertiary/aromatic N) is 1. The number of aliphatic hydroxyl groups is 1. The molecule has 0 aromatic rings. The third-order valence-corrected chi connectivity index (χ3v) is 12.6. The molecule has 8 nitrogen and oxygen atoms in total. The number of amides is 1. The van der Waals surface area contributed by atoms with Crippen molar-refractivity contribution in [1.82, 2.24) is 5.32 Å². The van der Waals surface area contributed by atoms with E-state index in [0.29, 0.717) is 17.4 Å². The summed E-state index contributed by atoms with van der Waals surface area (Å²) >= 11 is 0. The van der Waals surface area contributed by atoms with Gasteiger partial charge in [-0.3, -0.25) is 9.36 Å². The van der Waals surface area contributed by atoms with E-state index in [1.54, 1.807) is 6.08 Å². The quantitative estimate of drug-likeness (QED) is 0.0272. The van der Waals surface area contributed by atoms with E-state index in [9.17, 15) is 19.4 Å². The zero-order valence-electron chi connectivity index (χ0n) is 45.4. The Labute approximate surface area is 431 Å². The van der Waals surface area contributed by atoms with E-state index in [4.69, 9.17) is 9.05 Å². The molecule has 0 fully saturated rings. The molecule has 0 aromatic heterocycles. The van der Waals surface area contributed by atoms with Crippen LogP contribution in [-0.2, 0) is 18.4 Å². The first-order chi connectivity index (χ1) is 34.0. The Hall–Kier alpha value is -3.10. The number of phosphoric ester groups is 1. The Morgan fingerprint density at radius 3 is 1.27 bits per heavy atom. The number of likely N-dealkylation sites (N-methyl/N-ethyl adjacent to an activating group) is 1. The van der Waals surface area contributed by atoms with Gasteiger partial charge in [0.15, 0.2) is 0 Å². The fraction of sp³-hybridized carbons (Fsp3) is 0.656. The van der Waals surface area contributed by atoms with Crippen molar-refractivity contribution in [3.63, 3.8) is 0 Å². The van der Waals surface area contributed by atoms with Gasteiger partial charge in [-0.05, 0) is 89.9 Å². The number of allylic oxidation sites excluding steroid dienone is 19. The summed E-state index contributed by atoms with van der Waals surface area (Å²) in [5.74, 6) is -0.215. The summed E-state index contributed by atoms with van der Waals surface area (Å²) in [5, 5.41) is 13.8. The Morgan fingerprint density at radius 2 is 0.871 bits per heavy atom. The number of hydrogen-bond donors (Lipinski definition) is 2. The number of nitrogens with one attached hydrogen (secondary N) is 1. The van der Waals surface area contributed by atoms with Gasteiger partial charge in [0.1, 0.15) is 13.2 Å². The molecule has 3 unspecified atom stereocenters. The molecule has 0 spiro atoms. The lowest BCUT2D eigenvalue weighted by atomic mass is 10.0. The van der Waals surface area contributed by atoms with Crippen LogP contribution in [0.4, 0.5) is 0 Å². The van der Waals surface area contributed by atoms with Gasteiger partial charge >= 0.3 is 0 Å². The second-order valence-corrected chi connectivity index (χ2v) is 21.0. The summed E-state index contributed by atoms with van der Waals surface area (Å²) in [6, 6.07) is -0.900. The van der Waals surface area contributed by atoms with Gasteiger partial charge in [0.25, 0.3) is 7.82 Å². The van der Waals surface area contributed by atoms with E-state index in [2.05, 4.69) is 129 Å². The lowest BCUT2D eigenvalue weighted by Crippen LogP contribution is -2.45. The number of aliphatic hydroxyl groups excluding tert-OH is 1. The molecule has 0 heterocycles. The van der Waals surface area contributed by atoms with Gasteiger partial charge in [-0.15, -0.1) is 0 Å². The van der Waals surface area contributed by atoms with Crippen molar-refractivity contribution in [2.75, 3.05) is 40.9 Å². The minimum absolute atomic E-state index is 0.00955. The van der Waals surface area contributed by atoms with Crippen LogP contribution in [0.15, 0.2) is 122 Å². The lowest BCUT2D eigenvalue weighted by Gasteiger charge is -2.29. The van der Waals surface area contributed by atoms with Gasteiger partial charge < -0.3 is 28.8 Å². The van der Waals surface area contributed by atoms with Crippen molar-refractivity contribution in [3.05, 3.63) is 122 Å². The lowest BCUT2D eigenvalue weighted by molar-refractivity contribution is -0.870. The second kappa shape index (κ2) is 50.8. The van der Waals surface area contributed by atoms with Crippen LogP contribution in [0, 0.1) is 0 Å². The molecule has 0 aliphatic rings. The van der Waals surface area contributed by atoms with Crippen LogP contribution < -0.4 is 10.2 Å². The van der Waals surface area contributed by atoms with Crippen LogP contribution in [0.1, 0.15) is 206 Å². The van der Waals surface area contributed by atoms with Crippen LogP contribution in [0.2, 0.25) is 0 Å². The molecule has 1 amide bonds. The molecule has 400 valence electrons. The van der Waals surface area contributed by atoms with Crippen LogP contribution >= 0.6 is 7.82 Å². The van der Waals surface area contributed by atoms with E-state index in [0.717, 1.165) is 109 Å². The Balaban J connectivity index is 4.20. The van der Waals surface area contributed by atoms with E-state index in [-0.39, 0.29) is 12.5 Å². The molecule has 70 heavy (non-hydrogen) atoms. The topological polar surface area (TPSA) is 108 Å². The minimum Gasteiger partial charge on any atom is -0.756 e. The van der Waals surface area contributed by atoms with Gasteiger partial charge in [-0.1, -0.05) is 232 Å². The van der Waals surface area contributed by atoms with E-state index in [1.807, 2.05) is 27.2 Å². The molecule has 0 aliphatic heterocycles. The van der Waals surface area contributed by atoms with E-state index in [1.165, 1.54) is 77.0 Å². The summed E-state index contributed by atoms with van der Waals surface area (Å²) in [7, 11) is 1.23. The van der Waals surface area contributed by atoms with Crippen molar-refractivity contribution >= 4 is 13.7 Å². The molecule has 2 N–H and O–H groups in total. The van der Waals surface area contributed by atoms with Crippen LogP contribution in [0.5, 0.6) is 0 Å². The number of hydrogen-bond acceptors (Lipinski definition) is 6. The predicted molar refractivity (Wildman–Crippen MR) is 302 cm³/mol. The largest absolute Gasteiger partial charge is 0.756 e. The number of rotatable bonds is 49. The molecule has 0 rings (SSSR count). The summed E-state index contributed by atoms with van der Waals surface area (Å²) in [5.41, 5.74) is 0. The monoisotopic (exact) mass is 993 g/mol. The third-order valence-electron chi connectivity index (χ3n) is 11.7. The maximum absolute atomic E-state index is 12.9. The summed E-state index contributed by atoms with van der Waals surface area (Å²) < 4.78 is 23.3. The third kappa shape index (κ3) is 52.7. The van der Waals surface area contributed by atoms with Crippen LogP contribution in [-0.4, -0.2) is 68.5 Å². The van der Waals surface area contributed by atoms with Crippen molar-refractivity contribution < 1.29 is 32.9 Å². The molecule has 3 atom stereocenters. The second-order valence-electron chi connectivity index (χ2n) is 19.6. The Morgan fingerprint density at radius 1 is 0.514 bits per heavy atom. The van der Waals surface area contributed by atoms with Crippen molar-refractivity contribution in [2.24, 2.45) is 0 Å². The van der Waals surface area contributed by atoms with Crippen LogP contribution in [0.3, 0.4) is 0 Å². The summed E-state index contributed by atoms with van der Waals surface area (Å²) in [4.78, 5) is 25.4. The van der Waals surface area contributed by atoms with Gasteiger partial charge in [0.2, 0.25) is 5.91 Å². The maximum atomic E-state index is 12.9. The Bertz CT molecular complexity index is 1550. The predicted octanol–water partition coefficient (Wildman–Crippen LogP) is 16.3. The molecule has 0 radical (unpaired) electrons. The first kappa shape index (κ1) is 66.9. The normalized spacial score (nSPS) is 14.9. The molecule has 0 aliphatic carbocycles. The zero-order valence-corrected chi connectivity index (χ0v) is 46.3.